The van der Waals surface area contributed by atoms with Crippen LogP contribution < -0.4 is 0 Å². The van der Waals surface area contributed by atoms with Crippen LogP contribution in [0.25, 0.3) is 0 Å². The SMILES string of the molecule is N#Cc1cc(CN(CC(=O)O)C2CC2)ccc1F. The van der Waals surface area contributed by atoms with Gasteiger partial charge in [-0.25, -0.2) is 4.39 Å². The molecule has 18 heavy (non-hydrogen) atoms. The molecule has 0 aromatic heterocycles. The summed E-state index contributed by atoms with van der Waals surface area (Å²) in [7, 11) is 0. The smallest absolute Gasteiger partial charge is 0.317 e. The number of nitriles is 1. The lowest BCUT2D eigenvalue weighted by atomic mass is 10.1. The van der Waals surface area contributed by atoms with Gasteiger partial charge in [-0.3, -0.25) is 9.69 Å². The number of hydrogen-bond acceptors (Lipinski definition) is 3. The summed E-state index contributed by atoms with van der Waals surface area (Å²) >= 11 is 0. The quantitative estimate of drug-likeness (QED) is 0.862. The van der Waals surface area contributed by atoms with Crippen LogP contribution in [0, 0.1) is 17.1 Å². The van der Waals surface area contributed by atoms with Gasteiger partial charge in [0.15, 0.2) is 0 Å². The topological polar surface area (TPSA) is 64.3 Å². The second-order valence-corrected chi connectivity index (χ2v) is 4.46. The molecule has 0 heterocycles. The molecule has 1 aromatic carbocycles. The monoisotopic (exact) mass is 248 g/mol. The lowest BCUT2D eigenvalue weighted by Crippen LogP contribution is -2.31. The van der Waals surface area contributed by atoms with E-state index in [1.807, 2.05) is 4.90 Å². The van der Waals surface area contributed by atoms with Crippen LogP contribution in [-0.2, 0) is 11.3 Å². The fraction of sp³-hybridized carbons (Fsp3) is 0.385. The lowest BCUT2D eigenvalue weighted by Gasteiger charge is -2.19. The predicted octanol–water partition coefficient (Wildman–Crippen LogP) is 1.75. The van der Waals surface area contributed by atoms with Crippen molar-refractivity contribution >= 4 is 5.97 Å². The van der Waals surface area contributed by atoms with Gasteiger partial charge in [0.05, 0.1) is 12.1 Å². The molecular weight excluding hydrogens is 235 g/mol. The molecule has 4 nitrogen and oxygen atoms in total. The van der Waals surface area contributed by atoms with Crippen molar-refractivity contribution < 1.29 is 14.3 Å². The van der Waals surface area contributed by atoms with E-state index in [9.17, 15) is 9.18 Å². The molecule has 1 aromatic rings. The van der Waals surface area contributed by atoms with Crippen molar-refractivity contribution in [1.29, 1.82) is 5.26 Å². The molecule has 0 unspecified atom stereocenters. The third-order valence-electron chi connectivity index (χ3n) is 2.94. The Hall–Kier alpha value is -1.93. The highest BCUT2D eigenvalue weighted by Gasteiger charge is 2.30. The number of nitrogens with zero attached hydrogens (tertiary/aromatic N) is 2. The minimum Gasteiger partial charge on any atom is -0.480 e. The Labute approximate surface area is 104 Å². The molecule has 2 rings (SSSR count). The van der Waals surface area contributed by atoms with Gasteiger partial charge in [0.1, 0.15) is 11.9 Å². The maximum Gasteiger partial charge on any atom is 0.317 e. The van der Waals surface area contributed by atoms with Gasteiger partial charge in [0.2, 0.25) is 0 Å². The van der Waals surface area contributed by atoms with Crippen LogP contribution in [0.2, 0.25) is 0 Å². The van der Waals surface area contributed by atoms with E-state index in [4.69, 9.17) is 10.4 Å². The van der Waals surface area contributed by atoms with Crippen molar-refractivity contribution in [1.82, 2.24) is 4.90 Å². The first-order valence-corrected chi connectivity index (χ1v) is 5.74. The Balaban J connectivity index is 2.11. The van der Waals surface area contributed by atoms with E-state index in [0.29, 0.717) is 12.6 Å². The molecule has 0 atom stereocenters. The number of hydrogen-bond donors (Lipinski definition) is 1. The fourth-order valence-electron chi connectivity index (χ4n) is 1.92. The van der Waals surface area contributed by atoms with E-state index >= 15 is 0 Å². The van der Waals surface area contributed by atoms with Crippen molar-refractivity contribution in [2.45, 2.75) is 25.4 Å². The molecule has 1 aliphatic rings. The van der Waals surface area contributed by atoms with E-state index in [-0.39, 0.29) is 12.1 Å². The zero-order chi connectivity index (χ0) is 13.1. The number of carboxylic acids is 1. The summed E-state index contributed by atoms with van der Waals surface area (Å²) in [6, 6.07) is 6.41. The molecule has 0 saturated heterocycles. The minimum absolute atomic E-state index is 0.00132. The first-order valence-electron chi connectivity index (χ1n) is 5.74. The van der Waals surface area contributed by atoms with Gasteiger partial charge in [-0.2, -0.15) is 5.26 Å². The molecule has 94 valence electrons. The van der Waals surface area contributed by atoms with Crippen LogP contribution >= 0.6 is 0 Å². The number of carbonyl (C=O) groups is 1. The van der Waals surface area contributed by atoms with Gasteiger partial charge in [-0.15, -0.1) is 0 Å². The third-order valence-corrected chi connectivity index (χ3v) is 2.94. The maximum absolute atomic E-state index is 13.2. The molecule has 0 spiro atoms. The van der Waals surface area contributed by atoms with Gasteiger partial charge in [0.25, 0.3) is 0 Å². The summed E-state index contributed by atoms with van der Waals surface area (Å²) in [5.41, 5.74) is 0.764. The minimum atomic E-state index is -0.871. The van der Waals surface area contributed by atoms with Crippen molar-refractivity contribution in [3.63, 3.8) is 0 Å². The molecule has 1 N–H and O–H groups in total. The number of halogens is 1. The van der Waals surface area contributed by atoms with Crippen LogP contribution in [0.1, 0.15) is 24.0 Å². The highest BCUT2D eigenvalue weighted by atomic mass is 19.1. The molecule has 1 aliphatic carbocycles. The largest absolute Gasteiger partial charge is 0.480 e. The second kappa shape index (κ2) is 5.15. The fourth-order valence-corrected chi connectivity index (χ4v) is 1.92. The highest BCUT2D eigenvalue weighted by Crippen LogP contribution is 2.28. The molecule has 1 fully saturated rings. The van der Waals surface area contributed by atoms with E-state index in [2.05, 4.69) is 0 Å². The molecule has 0 amide bonds. The van der Waals surface area contributed by atoms with Crippen molar-refractivity contribution in [3.8, 4) is 6.07 Å². The zero-order valence-corrected chi connectivity index (χ0v) is 9.77. The highest BCUT2D eigenvalue weighted by molar-refractivity contribution is 5.69. The van der Waals surface area contributed by atoms with E-state index in [1.54, 1.807) is 12.1 Å². The summed E-state index contributed by atoms with van der Waals surface area (Å²) in [6.45, 7) is 0.413. The van der Waals surface area contributed by atoms with E-state index < -0.39 is 11.8 Å². The van der Waals surface area contributed by atoms with Gasteiger partial charge >= 0.3 is 5.97 Å². The van der Waals surface area contributed by atoms with Crippen molar-refractivity contribution in [2.75, 3.05) is 6.54 Å². The maximum atomic E-state index is 13.2. The van der Waals surface area contributed by atoms with Gasteiger partial charge in [-0.05, 0) is 30.5 Å². The third kappa shape index (κ3) is 3.05. The van der Waals surface area contributed by atoms with E-state index in [1.165, 1.54) is 12.1 Å². The molecule has 5 heteroatoms. The Morgan fingerprint density at radius 2 is 2.28 bits per heavy atom. The van der Waals surface area contributed by atoms with Gasteiger partial charge in [0, 0.05) is 12.6 Å². The average molecular weight is 248 g/mol. The number of carboxylic acid groups (broad SMARTS) is 1. The Kier molecular flexibility index (Phi) is 3.58. The van der Waals surface area contributed by atoms with Crippen LogP contribution in [0.3, 0.4) is 0 Å². The normalized spacial score (nSPS) is 14.5. The Bertz CT molecular complexity index is 506. The number of rotatable bonds is 5. The van der Waals surface area contributed by atoms with Gasteiger partial charge in [-0.1, -0.05) is 6.07 Å². The average Bonchev–Trinajstić information content (AvgIpc) is 3.14. The summed E-state index contributed by atoms with van der Waals surface area (Å²) < 4.78 is 13.2. The first kappa shape index (κ1) is 12.5. The zero-order valence-electron chi connectivity index (χ0n) is 9.77. The summed E-state index contributed by atoms with van der Waals surface area (Å²) in [6.07, 6.45) is 2.00. The summed E-state index contributed by atoms with van der Waals surface area (Å²) in [4.78, 5) is 12.6. The Morgan fingerprint density at radius 3 is 2.83 bits per heavy atom. The van der Waals surface area contributed by atoms with Crippen molar-refractivity contribution in [2.24, 2.45) is 0 Å². The van der Waals surface area contributed by atoms with Crippen LogP contribution in [-0.4, -0.2) is 28.6 Å². The van der Waals surface area contributed by atoms with E-state index in [0.717, 1.165) is 18.4 Å². The Morgan fingerprint density at radius 1 is 1.56 bits per heavy atom. The molecule has 0 aliphatic heterocycles. The summed E-state index contributed by atoms with van der Waals surface area (Å²) in [5.74, 6) is -1.41. The molecule has 0 bridgehead atoms. The molecular formula is C13H13FN2O2. The van der Waals surface area contributed by atoms with Crippen LogP contribution in [0.4, 0.5) is 4.39 Å². The van der Waals surface area contributed by atoms with Crippen LogP contribution in [0.15, 0.2) is 18.2 Å². The molecule has 1 saturated carbocycles. The number of aliphatic carboxylic acids is 1. The van der Waals surface area contributed by atoms with Crippen LogP contribution in [0.5, 0.6) is 0 Å². The number of benzene rings is 1. The first-order chi connectivity index (χ1) is 8.60. The standard InChI is InChI=1S/C13H13FN2O2/c14-12-4-1-9(5-10(12)6-15)7-16(8-13(17)18)11-2-3-11/h1,4-5,11H,2-3,7-8H2,(H,17,18). The summed E-state index contributed by atoms with van der Waals surface area (Å²) in [5, 5.41) is 17.6. The lowest BCUT2D eigenvalue weighted by molar-refractivity contribution is -0.138. The molecule has 0 radical (unpaired) electrons. The predicted molar refractivity (Wildman–Crippen MR) is 62.2 cm³/mol. The van der Waals surface area contributed by atoms with Crippen molar-refractivity contribution in [3.05, 3.63) is 35.1 Å². The second-order valence-electron chi connectivity index (χ2n) is 4.46. The van der Waals surface area contributed by atoms with Gasteiger partial charge < -0.3 is 5.11 Å².